The van der Waals surface area contributed by atoms with Crippen molar-refractivity contribution in [3.8, 4) is 5.88 Å². The van der Waals surface area contributed by atoms with Gasteiger partial charge in [-0.25, -0.2) is 0 Å². The first kappa shape index (κ1) is 16.6. The Bertz CT molecular complexity index is 502. The van der Waals surface area contributed by atoms with Gasteiger partial charge in [-0.15, -0.1) is 0 Å². The van der Waals surface area contributed by atoms with Gasteiger partial charge in [0.1, 0.15) is 0 Å². The lowest BCUT2D eigenvalue weighted by atomic mass is 10.1. The standard InChI is InChI=1S/C13H21N3O3S/c1-2-3-4-5-6-7-9-11(18)15-13(16-12(9)19)20-8-10(14)17/h2-8H2,1H3,(H2,14,17)(H2,15,16,18,19). The fourth-order valence-electron chi connectivity index (χ4n) is 1.80. The Morgan fingerprint density at radius 2 is 2.05 bits per heavy atom. The summed E-state index contributed by atoms with van der Waals surface area (Å²) in [5.41, 5.74) is 4.97. The number of nitrogens with two attached hydrogens (primary N) is 1. The van der Waals surface area contributed by atoms with Crippen molar-refractivity contribution in [2.75, 3.05) is 5.75 Å². The summed E-state index contributed by atoms with van der Waals surface area (Å²) in [5.74, 6) is -0.744. The van der Waals surface area contributed by atoms with Crippen LogP contribution in [0.1, 0.15) is 44.6 Å². The lowest BCUT2D eigenvalue weighted by Crippen LogP contribution is -2.17. The van der Waals surface area contributed by atoms with Crippen LogP contribution in [-0.2, 0) is 11.2 Å². The van der Waals surface area contributed by atoms with Gasteiger partial charge in [-0.1, -0.05) is 44.4 Å². The molecule has 1 aromatic rings. The average Bonchev–Trinajstić information content (AvgIpc) is 2.38. The Balaban J connectivity index is 2.60. The minimum atomic E-state index is -0.503. The number of nitrogens with one attached hydrogen (secondary N) is 1. The summed E-state index contributed by atoms with van der Waals surface area (Å²) >= 11 is 0.999. The third-order valence-corrected chi connectivity index (χ3v) is 3.75. The molecule has 1 aromatic heterocycles. The van der Waals surface area contributed by atoms with Crippen molar-refractivity contribution >= 4 is 17.7 Å². The van der Waals surface area contributed by atoms with E-state index >= 15 is 0 Å². The molecule has 1 rings (SSSR count). The first-order valence-corrected chi connectivity index (χ1v) is 7.76. The molecule has 0 saturated carbocycles. The summed E-state index contributed by atoms with van der Waals surface area (Å²) in [6.07, 6.45) is 5.88. The van der Waals surface area contributed by atoms with Crippen LogP contribution < -0.4 is 11.3 Å². The van der Waals surface area contributed by atoms with E-state index in [1.165, 1.54) is 12.8 Å². The maximum Gasteiger partial charge on any atom is 0.258 e. The fraction of sp³-hybridized carbons (Fsp3) is 0.615. The van der Waals surface area contributed by atoms with Crippen LogP contribution in [0, 0.1) is 0 Å². The van der Waals surface area contributed by atoms with E-state index in [4.69, 9.17) is 5.73 Å². The molecule has 0 unspecified atom stereocenters. The van der Waals surface area contributed by atoms with Crippen LogP contribution >= 0.6 is 11.8 Å². The predicted molar refractivity (Wildman–Crippen MR) is 78.9 cm³/mol. The van der Waals surface area contributed by atoms with Gasteiger partial charge in [-0.2, -0.15) is 4.98 Å². The van der Waals surface area contributed by atoms with Crippen molar-refractivity contribution in [3.05, 3.63) is 15.9 Å². The number of unbranched alkanes of at least 4 members (excludes halogenated alkanes) is 4. The molecule has 0 saturated heterocycles. The molecule has 0 aromatic carbocycles. The van der Waals surface area contributed by atoms with E-state index in [0.717, 1.165) is 31.0 Å². The van der Waals surface area contributed by atoms with Crippen LogP contribution in [0.2, 0.25) is 0 Å². The van der Waals surface area contributed by atoms with E-state index in [1.54, 1.807) is 0 Å². The van der Waals surface area contributed by atoms with Crippen LogP contribution in [0.4, 0.5) is 0 Å². The van der Waals surface area contributed by atoms with Gasteiger partial charge in [0.15, 0.2) is 5.16 Å². The Morgan fingerprint density at radius 1 is 1.35 bits per heavy atom. The maximum absolute atomic E-state index is 11.8. The third-order valence-electron chi connectivity index (χ3n) is 2.85. The van der Waals surface area contributed by atoms with E-state index in [1.807, 2.05) is 0 Å². The molecular weight excluding hydrogens is 278 g/mol. The Hall–Kier alpha value is -1.50. The maximum atomic E-state index is 11.8. The Morgan fingerprint density at radius 3 is 2.65 bits per heavy atom. The van der Waals surface area contributed by atoms with Gasteiger partial charge in [0.25, 0.3) is 5.56 Å². The lowest BCUT2D eigenvalue weighted by Gasteiger charge is -2.05. The number of carbonyl (C=O) groups is 1. The van der Waals surface area contributed by atoms with Gasteiger partial charge in [0.2, 0.25) is 11.8 Å². The number of primary amides is 1. The van der Waals surface area contributed by atoms with Crippen molar-refractivity contribution in [2.24, 2.45) is 5.73 Å². The summed E-state index contributed by atoms with van der Waals surface area (Å²) in [6.45, 7) is 2.14. The SMILES string of the molecule is CCCCCCCc1c(O)nc(SCC(N)=O)[nH]c1=O. The number of hydrogen-bond donors (Lipinski definition) is 3. The van der Waals surface area contributed by atoms with Crippen molar-refractivity contribution in [1.29, 1.82) is 0 Å². The normalized spacial score (nSPS) is 10.7. The second kappa shape index (κ2) is 8.63. The Labute approximate surface area is 122 Å². The molecule has 1 amide bonds. The monoisotopic (exact) mass is 299 g/mol. The number of rotatable bonds is 9. The largest absolute Gasteiger partial charge is 0.493 e. The van der Waals surface area contributed by atoms with Gasteiger partial charge < -0.3 is 15.8 Å². The number of thioether (sulfide) groups is 1. The minimum Gasteiger partial charge on any atom is -0.493 e. The number of aromatic nitrogens is 2. The van der Waals surface area contributed by atoms with Crippen molar-refractivity contribution < 1.29 is 9.90 Å². The molecule has 7 heteroatoms. The van der Waals surface area contributed by atoms with E-state index in [9.17, 15) is 14.7 Å². The summed E-state index contributed by atoms with van der Waals surface area (Å²) in [4.78, 5) is 28.9. The molecule has 0 bridgehead atoms. The summed E-state index contributed by atoms with van der Waals surface area (Å²) < 4.78 is 0. The van der Waals surface area contributed by atoms with Gasteiger partial charge in [0.05, 0.1) is 11.3 Å². The zero-order valence-corrected chi connectivity index (χ0v) is 12.5. The molecule has 0 fully saturated rings. The van der Waals surface area contributed by atoms with Crippen molar-refractivity contribution in [1.82, 2.24) is 9.97 Å². The highest BCUT2D eigenvalue weighted by molar-refractivity contribution is 7.99. The summed E-state index contributed by atoms with van der Waals surface area (Å²) in [6, 6.07) is 0. The van der Waals surface area contributed by atoms with Gasteiger partial charge >= 0.3 is 0 Å². The lowest BCUT2D eigenvalue weighted by molar-refractivity contribution is -0.115. The van der Waals surface area contributed by atoms with E-state index < -0.39 is 5.91 Å². The van der Waals surface area contributed by atoms with Crippen LogP contribution in [-0.4, -0.2) is 26.7 Å². The number of aromatic hydroxyl groups is 1. The highest BCUT2D eigenvalue weighted by atomic mass is 32.2. The summed E-state index contributed by atoms with van der Waals surface area (Å²) in [5, 5.41) is 9.99. The highest BCUT2D eigenvalue weighted by Crippen LogP contribution is 2.18. The first-order chi connectivity index (χ1) is 9.54. The van der Waals surface area contributed by atoms with E-state index in [2.05, 4.69) is 16.9 Å². The average molecular weight is 299 g/mol. The molecular formula is C13H21N3O3S. The molecule has 112 valence electrons. The molecule has 0 aliphatic rings. The number of H-pyrrole nitrogens is 1. The van der Waals surface area contributed by atoms with Gasteiger partial charge in [-0.05, 0) is 12.8 Å². The fourth-order valence-corrected chi connectivity index (χ4v) is 2.40. The van der Waals surface area contributed by atoms with E-state index in [-0.39, 0.29) is 22.3 Å². The summed E-state index contributed by atoms with van der Waals surface area (Å²) in [7, 11) is 0. The molecule has 0 aliphatic heterocycles. The van der Waals surface area contributed by atoms with Gasteiger partial charge in [-0.3, -0.25) is 9.59 Å². The van der Waals surface area contributed by atoms with Gasteiger partial charge in [0, 0.05) is 0 Å². The number of carbonyl (C=O) groups excluding carboxylic acids is 1. The second-order valence-corrected chi connectivity index (χ2v) is 5.56. The molecule has 6 nitrogen and oxygen atoms in total. The zero-order chi connectivity index (χ0) is 15.0. The molecule has 0 spiro atoms. The number of nitrogens with zero attached hydrogens (tertiary/aromatic N) is 1. The molecule has 0 radical (unpaired) electrons. The molecule has 0 atom stereocenters. The molecule has 4 N–H and O–H groups in total. The van der Waals surface area contributed by atoms with Crippen molar-refractivity contribution in [3.63, 3.8) is 0 Å². The number of hydrogen-bond acceptors (Lipinski definition) is 5. The highest BCUT2D eigenvalue weighted by Gasteiger charge is 2.11. The van der Waals surface area contributed by atoms with Crippen LogP contribution in [0.15, 0.2) is 9.95 Å². The quantitative estimate of drug-likeness (QED) is 0.364. The molecule has 0 aliphatic carbocycles. The van der Waals surface area contributed by atoms with Crippen LogP contribution in [0.5, 0.6) is 5.88 Å². The molecule has 20 heavy (non-hydrogen) atoms. The Kier molecular flexibility index (Phi) is 7.14. The minimum absolute atomic E-state index is 0.0126. The van der Waals surface area contributed by atoms with E-state index in [0.29, 0.717) is 12.0 Å². The topological polar surface area (TPSA) is 109 Å². The zero-order valence-electron chi connectivity index (χ0n) is 11.6. The molecule has 1 heterocycles. The van der Waals surface area contributed by atoms with Crippen LogP contribution in [0.25, 0.3) is 0 Å². The number of amides is 1. The second-order valence-electron chi connectivity index (χ2n) is 4.59. The third kappa shape index (κ3) is 5.64. The predicted octanol–water partition coefficient (Wildman–Crippen LogP) is 1.57. The van der Waals surface area contributed by atoms with Crippen LogP contribution in [0.3, 0.4) is 0 Å². The smallest absolute Gasteiger partial charge is 0.258 e. The number of aromatic amines is 1. The first-order valence-electron chi connectivity index (χ1n) is 6.77. The van der Waals surface area contributed by atoms with Crippen molar-refractivity contribution in [2.45, 2.75) is 50.6 Å².